The molecule has 2 aromatic rings. The number of hydrogen-bond donors (Lipinski definition) is 2. The van der Waals surface area contributed by atoms with Crippen molar-refractivity contribution in [3.63, 3.8) is 0 Å². The molecule has 0 saturated carbocycles. The van der Waals surface area contributed by atoms with Crippen LogP contribution >= 0.6 is 11.3 Å². The van der Waals surface area contributed by atoms with Gasteiger partial charge in [0.1, 0.15) is 10.7 Å². The largest absolute Gasteiger partial charge is 0.338 e. The number of aliphatic imine (C=N–C) groups is 1. The quantitative estimate of drug-likeness (QED) is 0.219. The first-order valence-corrected chi connectivity index (χ1v) is 10.9. The van der Waals surface area contributed by atoms with Gasteiger partial charge in [-0.25, -0.2) is 4.39 Å². The number of thiophene rings is 1. The van der Waals surface area contributed by atoms with E-state index in [0.29, 0.717) is 31.5 Å². The number of rotatable bonds is 8. The van der Waals surface area contributed by atoms with Crippen molar-refractivity contribution in [3.8, 4) is 6.19 Å². The van der Waals surface area contributed by atoms with Crippen LogP contribution in [0.4, 0.5) is 10.1 Å². The zero-order valence-electron chi connectivity index (χ0n) is 16.7. The number of amides is 1. The zero-order valence-corrected chi connectivity index (χ0v) is 17.5. The molecule has 1 saturated heterocycles. The van der Waals surface area contributed by atoms with E-state index in [1.807, 2.05) is 6.19 Å². The van der Waals surface area contributed by atoms with Gasteiger partial charge in [-0.3, -0.25) is 20.1 Å². The molecule has 1 fully saturated rings. The number of likely N-dealkylation sites (tertiary alicyclic amines) is 1. The Morgan fingerprint density at radius 3 is 2.90 bits per heavy atom. The first-order chi connectivity index (χ1) is 14.7. The predicted molar refractivity (Wildman–Crippen MR) is 116 cm³/mol. The van der Waals surface area contributed by atoms with Crippen molar-refractivity contribution in [1.29, 1.82) is 5.26 Å². The number of carbonyl (C=O) groups is 1. The van der Waals surface area contributed by atoms with E-state index in [-0.39, 0.29) is 10.8 Å². The molecule has 7 nitrogen and oxygen atoms in total. The standard InChI is InChI=1S/C21H25FN6OS/c22-18-8-13-30-19(18)20(29)28-12-7-16(14-28)4-2-1-3-9-25-21(26-15-23)27-17-5-10-24-11-6-17/h5-6,8,10-11,13,16H,1-4,7,9,12,14H2,(H2,24,25,26,27). The smallest absolute Gasteiger partial charge is 0.266 e. The minimum Gasteiger partial charge on any atom is -0.338 e. The number of nitrogens with zero attached hydrogens (tertiary/aromatic N) is 4. The molecule has 1 amide bonds. The van der Waals surface area contributed by atoms with Crippen molar-refractivity contribution in [2.24, 2.45) is 10.9 Å². The van der Waals surface area contributed by atoms with E-state index in [4.69, 9.17) is 5.26 Å². The fourth-order valence-electron chi connectivity index (χ4n) is 3.49. The van der Waals surface area contributed by atoms with Crippen LogP contribution in [0.15, 0.2) is 41.0 Å². The molecule has 1 aliphatic heterocycles. The van der Waals surface area contributed by atoms with E-state index in [1.165, 1.54) is 17.4 Å². The molecule has 9 heteroatoms. The number of nitrogens with one attached hydrogen (secondary N) is 2. The van der Waals surface area contributed by atoms with Gasteiger partial charge in [0, 0.05) is 37.7 Å². The number of nitriles is 1. The van der Waals surface area contributed by atoms with Gasteiger partial charge in [0.15, 0.2) is 6.19 Å². The average molecular weight is 429 g/mol. The van der Waals surface area contributed by atoms with Gasteiger partial charge in [-0.1, -0.05) is 12.8 Å². The van der Waals surface area contributed by atoms with Gasteiger partial charge in [0.2, 0.25) is 5.96 Å². The molecular formula is C21H25FN6OS. The van der Waals surface area contributed by atoms with E-state index in [9.17, 15) is 9.18 Å². The van der Waals surface area contributed by atoms with Crippen molar-refractivity contribution in [2.45, 2.75) is 32.1 Å². The molecule has 3 rings (SSSR count). The van der Waals surface area contributed by atoms with Gasteiger partial charge in [-0.05, 0) is 48.8 Å². The summed E-state index contributed by atoms with van der Waals surface area (Å²) >= 11 is 1.17. The molecule has 1 atom stereocenters. The molecule has 30 heavy (non-hydrogen) atoms. The Balaban J connectivity index is 1.34. The third-order valence-corrected chi connectivity index (χ3v) is 5.92. The first kappa shape index (κ1) is 21.7. The van der Waals surface area contributed by atoms with Gasteiger partial charge in [0.25, 0.3) is 5.91 Å². The number of anilines is 1. The molecule has 0 bridgehead atoms. The minimum absolute atomic E-state index is 0.182. The van der Waals surface area contributed by atoms with Crippen LogP contribution in [0.25, 0.3) is 0 Å². The van der Waals surface area contributed by atoms with E-state index < -0.39 is 5.82 Å². The third-order valence-electron chi connectivity index (χ3n) is 5.04. The summed E-state index contributed by atoms with van der Waals surface area (Å²) < 4.78 is 13.6. The lowest BCUT2D eigenvalue weighted by molar-refractivity contribution is 0.0787. The van der Waals surface area contributed by atoms with Gasteiger partial charge < -0.3 is 10.2 Å². The average Bonchev–Trinajstić information content (AvgIpc) is 3.40. The molecule has 1 aliphatic rings. The van der Waals surface area contributed by atoms with E-state index in [1.54, 1.807) is 34.8 Å². The number of halogens is 1. The van der Waals surface area contributed by atoms with Crippen LogP contribution in [0.5, 0.6) is 0 Å². The highest BCUT2D eigenvalue weighted by Crippen LogP contribution is 2.25. The highest BCUT2D eigenvalue weighted by atomic mass is 32.1. The Kier molecular flexibility index (Phi) is 8.15. The molecule has 0 spiro atoms. The highest BCUT2D eigenvalue weighted by Gasteiger charge is 2.28. The summed E-state index contributed by atoms with van der Waals surface area (Å²) in [5.41, 5.74) is 0.814. The molecule has 2 aromatic heterocycles. The third kappa shape index (κ3) is 6.26. The molecule has 2 N–H and O–H groups in total. The van der Waals surface area contributed by atoms with Crippen molar-refractivity contribution in [2.75, 3.05) is 25.0 Å². The topological polar surface area (TPSA) is 93.4 Å². The molecule has 0 aliphatic carbocycles. The van der Waals surface area contributed by atoms with Crippen LogP contribution in [-0.4, -0.2) is 41.4 Å². The summed E-state index contributed by atoms with van der Waals surface area (Å²) in [6.45, 7) is 2.03. The van der Waals surface area contributed by atoms with Crippen LogP contribution in [0.2, 0.25) is 0 Å². The SMILES string of the molecule is N#CNC(=NCCCCCC1CCN(C(=O)c2sccc2F)C1)Nc1ccncc1. The van der Waals surface area contributed by atoms with Gasteiger partial charge in [-0.2, -0.15) is 5.26 Å². The number of aromatic nitrogens is 1. The lowest BCUT2D eigenvalue weighted by Gasteiger charge is -2.15. The lowest BCUT2D eigenvalue weighted by atomic mass is 10.0. The Morgan fingerprint density at radius 2 is 2.17 bits per heavy atom. The number of unbranched alkanes of at least 4 members (excludes halogenated alkanes) is 2. The monoisotopic (exact) mass is 428 g/mol. The normalized spacial score (nSPS) is 16.3. The maximum Gasteiger partial charge on any atom is 0.266 e. The van der Waals surface area contributed by atoms with E-state index in [0.717, 1.165) is 37.8 Å². The Morgan fingerprint density at radius 1 is 1.33 bits per heavy atom. The molecular weight excluding hydrogens is 403 g/mol. The summed E-state index contributed by atoms with van der Waals surface area (Å²) in [5, 5.41) is 16.1. The molecule has 1 unspecified atom stereocenters. The minimum atomic E-state index is -0.419. The highest BCUT2D eigenvalue weighted by molar-refractivity contribution is 7.12. The van der Waals surface area contributed by atoms with E-state index in [2.05, 4.69) is 20.6 Å². The summed E-state index contributed by atoms with van der Waals surface area (Å²) in [7, 11) is 0. The van der Waals surface area contributed by atoms with Crippen molar-refractivity contribution in [1.82, 2.24) is 15.2 Å². The van der Waals surface area contributed by atoms with Crippen molar-refractivity contribution < 1.29 is 9.18 Å². The van der Waals surface area contributed by atoms with Crippen LogP contribution < -0.4 is 10.6 Å². The van der Waals surface area contributed by atoms with Gasteiger partial charge in [0.05, 0.1) is 0 Å². The first-order valence-electron chi connectivity index (χ1n) is 10.1. The lowest BCUT2D eigenvalue weighted by Crippen LogP contribution is -2.28. The number of hydrogen-bond acceptors (Lipinski definition) is 5. The second-order valence-corrected chi connectivity index (χ2v) is 8.10. The molecule has 0 radical (unpaired) electrons. The van der Waals surface area contributed by atoms with Crippen LogP contribution in [-0.2, 0) is 0 Å². The van der Waals surface area contributed by atoms with Gasteiger partial charge in [-0.15, -0.1) is 11.3 Å². The number of carbonyl (C=O) groups excluding carboxylic acids is 1. The second-order valence-electron chi connectivity index (χ2n) is 7.18. The van der Waals surface area contributed by atoms with Crippen molar-refractivity contribution >= 4 is 28.9 Å². The maximum absolute atomic E-state index is 13.6. The Bertz CT molecular complexity index is 894. The Hall–Kier alpha value is -2.99. The van der Waals surface area contributed by atoms with Crippen LogP contribution in [0.1, 0.15) is 41.8 Å². The molecule has 158 valence electrons. The zero-order chi connectivity index (χ0) is 21.2. The predicted octanol–water partition coefficient (Wildman–Crippen LogP) is 3.84. The second kappa shape index (κ2) is 11.3. The van der Waals surface area contributed by atoms with Gasteiger partial charge >= 0.3 is 0 Å². The Labute approximate surface area is 179 Å². The molecule has 3 heterocycles. The maximum atomic E-state index is 13.6. The summed E-state index contributed by atoms with van der Waals surface area (Å²) in [5.74, 6) is 0.301. The van der Waals surface area contributed by atoms with E-state index >= 15 is 0 Å². The fourth-order valence-corrected chi connectivity index (χ4v) is 4.22. The van der Waals surface area contributed by atoms with Crippen LogP contribution in [0.3, 0.4) is 0 Å². The summed E-state index contributed by atoms with van der Waals surface area (Å²) in [6, 6.07) is 4.95. The molecule has 0 aromatic carbocycles. The number of pyridine rings is 1. The summed E-state index contributed by atoms with van der Waals surface area (Å²) in [6.07, 6.45) is 10.3. The summed E-state index contributed by atoms with van der Waals surface area (Å²) in [4.78, 5) is 22.7. The number of guanidine groups is 1. The van der Waals surface area contributed by atoms with Crippen molar-refractivity contribution in [3.05, 3.63) is 46.7 Å². The van der Waals surface area contributed by atoms with Crippen LogP contribution in [0, 0.1) is 23.2 Å². The fraction of sp³-hybridized carbons (Fsp3) is 0.429.